The lowest BCUT2D eigenvalue weighted by Crippen LogP contribution is -2.40. The van der Waals surface area contributed by atoms with Crippen LogP contribution in [0.1, 0.15) is 44.9 Å². The topological polar surface area (TPSA) is 116 Å². The molecule has 39 heavy (non-hydrogen) atoms. The van der Waals surface area contributed by atoms with Crippen LogP contribution in [0, 0.1) is 3.57 Å². The monoisotopic (exact) mass is 662 g/mol. The first-order chi connectivity index (χ1) is 18.6. The summed E-state index contributed by atoms with van der Waals surface area (Å²) in [7, 11) is 0. The van der Waals surface area contributed by atoms with Crippen molar-refractivity contribution in [2.45, 2.75) is 39.8 Å². The number of allylic oxidation sites excluding steroid dienone is 1. The number of esters is 1. The molecule has 204 valence electrons. The van der Waals surface area contributed by atoms with Crippen molar-refractivity contribution in [1.29, 1.82) is 0 Å². The van der Waals surface area contributed by atoms with E-state index in [4.69, 9.17) is 19.3 Å². The van der Waals surface area contributed by atoms with Crippen molar-refractivity contribution in [3.63, 3.8) is 0 Å². The highest BCUT2D eigenvalue weighted by atomic mass is 127. The van der Waals surface area contributed by atoms with Crippen LogP contribution >= 0.6 is 33.9 Å². The van der Waals surface area contributed by atoms with Gasteiger partial charge in [0, 0.05) is 5.56 Å². The van der Waals surface area contributed by atoms with E-state index in [9.17, 15) is 14.4 Å². The summed E-state index contributed by atoms with van der Waals surface area (Å²) in [6.45, 7) is 7.03. The third-order valence-corrected chi connectivity index (χ3v) is 7.52. The third kappa shape index (κ3) is 6.25. The molecule has 0 fully saturated rings. The standard InChI is InChI=1S/C28H27IN2O7S/c1-5-36-27(35)24-16(4)30-28-31(25(24)18-8-6-7-9-20(18)38-15(2)3)26(34)22(39-28)13-17-10-11-21(19(29)12-17)37-14-23(32)33/h6-13,15,25H,5,14H2,1-4H3,(H,32,33)/b22-13+/t25-/m1/s1. The number of para-hydroxylation sites is 1. The van der Waals surface area contributed by atoms with Crippen LogP contribution in [0.2, 0.25) is 0 Å². The van der Waals surface area contributed by atoms with Crippen LogP contribution in [0.5, 0.6) is 11.5 Å². The van der Waals surface area contributed by atoms with E-state index in [1.807, 2.05) is 38.1 Å². The minimum absolute atomic E-state index is 0.122. The smallest absolute Gasteiger partial charge is 0.341 e. The van der Waals surface area contributed by atoms with Gasteiger partial charge in [-0.3, -0.25) is 9.36 Å². The number of nitrogens with zero attached hydrogens (tertiary/aromatic N) is 2. The number of hydrogen-bond acceptors (Lipinski definition) is 8. The second-order valence-electron chi connectivity index (χ2n) is 8.88. The van der Waals surface area contributed by atoms with Gasteiger partial charge in [-0.05, 0) is 80.1 Å². The van der Waals surface area contributed by atoms with Crippen LogP contribution in [-0.2, 0) is 14.3 Å². The summed E-state index contributed by atoms with van der Waals surface area (Å²) in [5.41, 5.74) is 1.84. The number of aliphatic carboxylic acids is 1. The fourth-order valence-electron chi connectivity index (χ4n) is 4.17. The fraction of sp³-hybridized carbons (Fsp3) is 0.286. The molecule has 4 rings (SSSR count). The zero-order chi connectivity index (χ0) is 28.3. The van der Waals surface area contributed by atoms with Gasteiger partial charge in [-0.2, -0.15) is 0 Å². The molecule has 1 aliphatic heterocycles. The summed E-state index contributed by atoms with van der Waals surface area (Å²) in [6.07, 6.45) is 1.62. The normalized spacial score (nSPS) is 15.1. The van der Waals surface area contributed by atoms with Gasteiger partial charge in [0.2, 0.25) is 0 Å². The van der Waals surface area contributed by atoms with Crippen molar-refractivity contribution in [3.8, 4) is 11.5 Å². The Morgan fingerprint density at radius 3 is 2.62 bits per heavy atom. The highest BCUT2D eigenvalue weighted by Crippen LogP contribution is 2.36. The van der Waals surface area contributed by atoms with Crippen LogP contribution in [0.15, 0.2) is 63.5 Å². The molecule has 0 spiro atoms. The van der Waals surface area contributed by atoms with Crippen molar-refractivity contribution in [1.82, 2.24) is 4.57 Å². The number of aromatic nitrogens is 1. The number of hydrogen-bond donors (Lipinski definition) is 1. The maximum Gasteiger partial charge on any atom is 0.341 e. The number of carbonyl (C=O) groups excluding carboxylic acids is 1. The first-order valence-corrected chi connectivity index (χ1v) is 14.1. The van der Waals surface area contributed by atoms with Crippen LogP contribution in [0.25, 0.3) is 6.08 Å². The molecule has 1 atom stereocenters. The minimum Gasteiger partial charge on any atom is -0.491 e. The highest BCUT2D eigenvalue weighted by Gasteiger charge is 2.35. The van der Waals surface area contributed by atoms with Crippen molar-refractivity contribution in [2.75, 3.05) is 13.2 Å². The number of thiazole rings is 1. The molecule has 0 saturated heterocycles. The van der Waals surface area contributed by atoms with Gasteiger partial charge in [0.1, 0.15) is 17.5 Å². The number of halogens is 1. The van der Waals surface area contributed by atoms with Gasteiger partial charge < -0.3 is 19.3 Å². The van der Waals surface area contributed by atoms with Gasteiger partial charge in [-0.15, -0.1) is 0 Å². The quantitative estimate of drug-likeness (QED) is 0.275. The van der Waals surface area contributed by atoms with Gasteiger partial charge in [0.15, 0.2) is 11.4 Å². The number of benzene rings is 2. The number of fused-ring (bicyclic) bond motifs is 1. The second-order valence-corrected chi connectivity index (χ2v) is 11.1. The van der Waals surface area contributed by atoms with Crippen LogP contribution < -0.4 is 24.4 Å². The Hall–Kier alpha value is -3.45. The predicted molar refractivity (Wildman–Crippen MR) is 155 cm³/mol. The van der Waals surface area contributed by atoms with E-state index < -0.39 is 24.6 Å². The lowest BCUT2D eigenvalue weighted by Gasteiger charge is -2.26. The van der Waals surface area contributed by atoms with Crippen molar-refractivity contribution in [3.05, 3.63) is 88.1 Å². The van der Waals surface area contributed by atoms with Gasteiger partial charge in [-0.25, -0.2) is 14.6 Å². The highest BCUT2D eigenvalue weighted by molar-refractivity contribution is 14.1. The summed E-state index contributed by atoms with van der Waals surface area (Å²) < 4.78 is 19.4. The molecule has 2 aromatic carbocycles. The van der Waals surface area contributed by atoms with Crippen molar-refractivity contribution in [2.24, 2.45) is 4.99 Å². The Morgan fingerprint density at radius 2 is 1.95 bits per heavy atom. The lowest BCUT2D eigenvalue weighted by molar-refractivity contribution is -0.140. The Kier molecular flexibility index (Phi) is 8.90. The maximum absolute atomic E-state index is 13.9. The Balaban J connectivity index is 1.88. The maximum atomic E-state index is 13.9. The molecule has 11 heteroatoms. The van der Waals surface area contributed by atoms with Crippen molar-refractivity contribution >= 4 is 51.9 Å². The molecule has 9 nitrogen and oxygen atoms in total. The second kappa shape index (κ2) is 12.2. The molecular weight excluding hydrogens is 635 g/mol. The van der Waals surface area contributed by atoms with Gasteiger partial charge in [-0.1, -0.05) is 35.6 Å². The van der Waals surface area contributed by atoms with Gasteiger partial charge >= 0.3 is 11.9 Å². The zero-order valence-corrected chi connectivity index (χ0v) is 24.7. The predicted octanol–water partition coefficient (Wildman–Crippen LogP) is 3.65. The van der Waals surface area contributed by atoms with Crippen LogP contribution in [0.3, 0.4) is 0 Å². The molecule has 0 radical (unpaired) electrons. The average molecular weight is 663 g/mol. The first-order valence-electron chi connectivity index (χ1n) is 12.2. The zero-order valence-electron chi connectivity index (χ0n) is 21.8. The SMILES string of the molecule is CCOC(=O)C1=C(C)N=c2s/c(=C/c3ccc(OCC(=O)O)c(I)c3)c(=O)n2[C@@H]1c1ccccc1OC(C)C. The fourth-order valence-corrected chi connectivity index (χ4v) is 5.91. The number of ether oxygens (including phenoxy) is 3. The Bertz CT molecular complexity index is 1640. The molecule has 0 saturated carbocycles. The number of carbonyl (C=O) groups is 2. The van der Waals surface area contributed by atoms with Crippen LogP contribution in [-0.4, -0.2) is 40.9 Å². The molecular formula is C28H27IN2O7S. The van der Waals surface area contributed by atoms with E-state index in [-0.39, 0.29) is 23.8 Å². The van der Waals surface area contributed by atoms with E-state index in [0.717, 1.165) is 5.56 Å². The van der Waals surface area contributed by atoms with E-state index in [1.54, 1.807) is 38.1 Å². The third-order valence-electron chi connectivity index (χ3n) is 5.70. The minimum atomic E-state index is -1.07. The van der Waals surface area contributed by atoms with Gasteiger partial charge in [0.05, 0.1) is 32.1 Å². The molecule has 0 aliphatic carbocycles. The molecule has 0 unspecified atom stereocenters. The molecule has 0 bridgehead atoms. The van der Waals surface area contributed by atoms with Gasteiger partial charge in [0.25, 0.3) is 5.56 Å². The Labute approximate surface area is 242 Å². The molecule has 1 aliphatic rings. The van der Waals surface area contributed by atoms with E-state index in [0.29, 0.717) is 35.7 Å². The van der Waals surface area contributed by atoms with E-state index in [2.05, 4.69) is 27.6 Å². The number of carboxylic acid groups (broad SMARTS) is 1. The lowest BCUT2D eigenvalue weighted by atomic mass is 9.95. The molecule has 3 aromatic rings. The molecule has 0 amide bonds. The van der Waals surface area contributed by atoms with E-state index >= 15 is 0 Å². The number of carboxylic acids is 1. The molecule has 2 heterocycles. The summed E-state index contributed by atoms with van der Waals surface area (Å²) in [5, 5.41) is 8.87. The summed E-state index contributed by atoms with van der Waals surface area (Å²) in [6, 6.07) is 11.8. The number of rotatable bonds is 9. The Morgan fingerprint density at radius 1 is 1.21 bits per heavy atom. The van der Waals surface area contributed by atoms with Crippen molar-refractivity contribution < 1.29 is 28.9 Å². The average Bonchev–Trinajstić information content (AvgIpc) is 3.17. The first kappa shape index (κ1) is 28.6. The summed E-state index contributed by atoms with van der Waals surface area (Å²) in [4.78, 5) is 42.9. The molecule has 1 N–H and O–H groups in total. The van der Waals surface area contributed by atoms with Crippen LogP contribution in [0.4, 0.5) is 0 Å². The van der Waals surface area contributed by atoms with E-state index in [1.165, 1.54) is 15.9 Å². The largest absolute Gasteiger partial charge is 0.491 e. The summed E-state index contributed by atoms with van der Waals surface area (Å²) in [5.74, 6) is -0.601. The summed E-state index contributed by atoms with van der Waals surface area (Å²) >= 11 is 3.28. The molecule has 1 aromatic heterocycles.